The molecule has 0 unspecified atom stereocenters. The van der Waals surface area contributed by atoms with Gasteiger partial charge in [0.1, 0.15) is 5.60 Å². The molecule has 25 heavy (non-hydrogen) atoms. The lowest BCUT2D eigenvalue weighted by molar-refractivity contribution is -0.162. The topological polar surface area (TPSA) is 74.6 Å². The summed E-state index contributed by atoms with van der Waals surface area (Å²) in [7, 11) is 0. The van der Waals surface area contributed by atoms with Crippen molar-refractivity contribution in [3.63, 3.8) is 0 Å². The van der Waals surface area contributed by atoms with Gasteiger partial charge in [0, 0.05) is 17.8 Å². The van der Waals surface area contributed by atoms with Crippen molar-refractivity contribution < 1.29 is 19.8 Å². The van der Waals surface area contributed by atoms with Crippen LogP contribution >= 0.6 is 0 Å². The normalized spacial score (nSPS) is 48.8. The summed E-state index contributed by atoms with van der Waals surface area (Å²) in [5, 5.41) is 21.0. The SMILES string of the molecule is CC(=O)[C@@]1(O)CC[C@H]2[C@@H]3C(=O)C=C4C=C(O)CC[C@]4(C)[C@H]3CC[C@@]21C. The van der Waals surface area contributed by atoms with Gasteiger partial charge in [0.05, 0.1) is 5.76 Å². The molecule has 2 N–H and O–H groups in total. The van der Waals surface area contributed by atoms with Crippen LogP contribution in [0, 0.1) is 28.6 Å². The Bertz CT molecular complexity index is 719. The zero-order valence-electron chi connectivity index (χ0n) is 15.3. The van der Waals surface area contributed by atoms with E-state index < -0.39 is 11.0 Å². The fourth-order valence-corrected chi connectivity index (χ4v) is 6.65. The van der Waals surface area contributed by atoms with Crippen molar-refractivity contribution in [1.29, 1.82) is 0 Å². The number of carbonyl (C=O) groups excluding carboxylic acids is 2. The number of ketones is 2. The van der Waals surface area contributed by atoms with Gasteiger partial charge in [-0.1, -0.05) is 13.8 Å². The molecule has 0 radical (unpaired) electrons. The molecule has 0 saturated heterocycles. The summed E-state index contributed by atoms with van der Waals surface area (Å²) < 4.78 is 0. The maximum absolute atomic E-state index is 13.0. The van der Waals surface area contributed by atoms with Crippen LogP contribution < -0.4 is 0 Å². The largest absolute Gasteiger partial charge is 0.512 e. The highest BCUT2D eigenvalue weighted by Crippen LogP contribution is 2.66. The van der Waals surface area contributed by atoms with Crippen LogP contribution in [0.2, 0.25) is 0 Å². The third-order valence-corrected chi connectivity index (χ3v) is 8.33. The number of hydrogen-bond acceptors (Lipinski definition) is 4. The fraction of sp³-hybridized carbons (Fsp3) is 0.714. The van der Waals surface area contributed by atoms with Gasteiger partial charge in [0.15, 0.2) is 11.6 Å². The highest BCUT2D eigenvalue weighted by atomic mass is 16.3. The minimum Gasteiger partial charge on any atom is -0.512 e. The van der Waals surface area contributed by atoms with E-state index in [0.717, 1.165) is 31.3 Å². The second kappa shape index (κ2) is 5.06. The van der Waals surface area contributed by atoms with Crippen molar-refractivity contribution in [3.05, 3.63) is 23.5 Å². The Balaban J connectivity index is 1.79. The maximum atomic E-state index is 13.0. The Labute approximate surface area is 149 Å². The predicted molar refractivity (Wildman–Crippen MR) is 93.8 cm³/mol. The van der Waals surface area contributed by atoms with Gasteiger partial charge < -0.3 is 10.2 Å². The fourth-order valence-electron chi connectivity index (χ4n) is 6.65. The van der Waals surface area contributed by atoms with Crippen molar-refractivity contribution in [1.82, 2.24) is 0 Å². The Morgan fingerprint density at radius 2 is 1.80 bits per heavy atom. The van der Waals surface area contributed by atoms with Crippen LogP contribution in [0.15, 0.2) is 23.5 Å². The van der Waals surface area contributed by atoms with Gasteiger partial charge in [-0.25, -0.2) is 0 Å². The maximum Gasteiger partial charge on any atom is 0.161 e. The van der Waals surface area contributed by atoms with Crippen LogP contribution in [0.25, 0.3) is 0 Å². The summed E-state index contributed by atoms with van der Waals surface area (Å²) in [5.74, 6) is 0.495. The quantitative estimate of drug-likeness (QED) is 0.763. The molecule has 6 atom stereocenters. The molecule has 4 nitrogen and oxygen atoms in total. The van der Waals surface area contributed by atoms with E-state index in [0.29, 0.717) is 18.6 Å². The van der Waals surface area contributed by atoms with E-state index in [4.69, 9.17) is 0 Å². The smallest absolute Gasteiger partial charge is 0.161 e. The molecule has 4 aliphatic carbocycles. The highest BCUT2D eigenvalue weighted by Gasteiger charge is 2.66. The first kappa shape index (κ1) is 17.0. The van der Waals surface area contributed by atoms with Gasteiger partial charge >= 0.3 is 0 Å². The van der Waals surface area contributed by atoms with Crippen LogP contribution in [0.4, 0.5) is 0 Å². The monoisotopic (exact) mass is 344 g/mol. The average molecular weight is 344 g/mol. The summed E-state index contributed by atoms with van der Waals surface area (Å²) >= 11 is 0. The number of rotatable bonds is 1. The molecular formula is C21H28O4. The molecule has 0 aliphatic heterocycles. The van der Waals surface area contributed by atoms with Crippen molar-refractivity contribution in [2.75, 3.05) is 0 Å². The molecule has 4 rings (SSSR count). The van der Waals surface area contributed by atoms with Gasteiger partial charge in [-0.05, 0) is 74.0 Å². The van der Waals surface area contributed by atoms with Gasteiger partial charge in [-0.2, -0.15) is 0 Å². The first-order valence-electron chi connectivity index (χ1n) is 9.52. The van der Waals surface area contributed by atoms with Crippen molar-refractivity contribution >= 4 is 11.6 Å². The number of carbonyl (C=O) groups is 2. The number of hydrogen-bond donors (Lipinski definition) is 2. The lowest BCUT2D eigenvalue weighted by Gasteiger charge is -2.56. The Hall–Kier alpha value is -1.42. The zero-order chi connectivity index (χ0) is 18.2. The van der Waals surface area contributed by atoms with Crippen LogP contribution in [-0.4, -0.2) is 27.4 Å². The summed E-state index contributed by atoms with van der Waals surface area (Å²) in [6.07, 6.45) is 7.86. The van der Waals surface area contributed by atoms with Crippen LogP contribution in [0.3, 0.4) is 0 Å². The molecular weight excluding hydrogens is 316 g/mol. The zero-order valence-corrected chi connectivity index (χ0v) is 15.3. The van der Waals surface area contributed by atoms with Crippen LogP contribution in [-0.2, 0) is 9.59 Å². The van der Waals surface area contributed by atoms with Crippen molar-refractivity contribution in [3.8, 4) is 0 Å². The Morgan fingerprint density at radius 3 is 2.48 bits per heavy atom. The van der Waals surface area contributed by atoms with E-state index in [1.807, 2.05) is 6.92 Å². The summed E-state index contributed by atoms with van der Waals surface area (Å²) in [5.41, 5.74) is -0.933. The molecule has 0 bridgehead atoms. The number of aliphatic hydroxyl groups is 2. The molecule has 2 saturated carbocycles. The van der Waals surface area contributed by atoms with Gasteiger partial charge in [-0.15, -0.1) is 0 Å². The molecule has 0 amide bonds. The third-order valence-electron chi connectivity index (χ3n) is 8.33. The van der Waals surface area contributed by atoms with E-state index >= 15 is 0 Å². The van der Waals surface area contributed by atoms with E-state index in [-0.39, 0.29) is 34.7 Å². The minimum absolute atomic E-state index is 0.0572. The van der Waals surface area contributed by atoms with E-state index in [1.54, 1.807) is 12.2 Å². The first-order valence-corrected chi connectivity index (χ1v) is 9.52. The lowest BCUT2D eigenvalue weighted by Crippen LogP contribution is -2.58. The van der Waals surface area contributed by atoms with Crippen molar-refractivity contribution in [2.45, 2.75) is 64.9 Å². The molecule has 4 aliphatic rings. The van der Waals surface area contributed by atoms with Gasteiger partial charge in [0.2, 0.25) is 0 Å². The van der Waals surface area contributed by atoms with Crippen LogP contribution in [0.1, 0.15) is 59.3 Å². The number of fused-ring (bicyclic) bond motifs is 5. The van der Waals surface area contributed by atoms with E-state index in [2.05, 4.69) is 6.92 Å². The summed E-state index contributed by atoms with van der Waals surface area (Å²) in [6.45, 7) is 5.72. The van der Waals surface area contributed by atoms with E-state index in [9.17, 15) is 19.8 Å². The van der Waals surface area contributed by atoms with E-state index in [1.165, 1.54) is 6.92 Å². The Morgan fingerprint density at radius 1 is 1.12 bits per heavy atom. The number of allylic oxidation sites excluding steroid dienone is 4. The molecule has 0 heterocycles. The first-order chi connectivity index (χ1) is 11.6. The van der Waals surface area contributed by atoms with Crippen LogP contribution in [0.5, 0.6) is 0 Å². The molecule has 0 aromatic rings. The average Bonchev–Trinajstić information content (AvgIpc) is 2.82. The number of aliphatic hydroxyl groups excluding tert-OH is 1. The standard InChI is InChI=1S/C21H28O4/c1-12(22)21(25)9-6-16-18-15(5-8-20(16,21)3)19(2)7-4-14(23)10-13(19)11-17(18)24/h10-11,15-16,18,23,25H,4-9H2,1-3H3/t15-,16-,18+,19-,20-,21-/m0/s1. The molecule has 136 valence electrons. The minimum atomic E-state index is -1.29. The number of Topliss-reactive ketones (excluding diaryl/α,β-unsaturated/α-hetero) is 1. The van der Waals surface area contributed by atoms with Crippen molar-refractivity contribution in [2.24, 2.45) is 28.6 Å². The second-order valence-electron chi connectivity index (χ2n) is 9.21. The molecule has 0 aromatic heterocycles. The molecule has 0 aromatic carbocycles. The molecule has 0 spiro atoms. The third kappa shape index (κ3) is 1.98. The highest BCUT2D eigenvalue weighted by molar-refractivity contribution is 5.95. The van der Waals surface area contributed by atoms with Gasteiger partial charge in [-0.3, -0.25) is 9.59 Å². The van der Waals surface area contributed by atoms with Gasteiger partial charge in [0.25, 0.3) is 0 Å². The lowest BCUT2D eigenvalue weighted by atomic mass is 9.47. The summed E-state index contributed by atoms with van der Waals surface area (Å²) in [6, 6.07) is 0. The second-order valence-corrected chi connectivity index (χ2v) is 9.21. The Kier molecular flexibility index (Phi) is 3.45. The molecule has 2 fully saturated rings. The predicted octanol–water partition coefficient (Wildman–Crippen LogP) is 3.50. The molecule has 4 heteroatoms. The summed E-state index contributed by atoms with van der Waals surface area (Å²) in [4.78, 5) is 25.3.